The van der Waals surface area contributed by atoms with Gasteiger partial charge in [-0.25, -0.2) is 9.48 Å². The Balaban J connectivity index is 2.26. The fourth-order valence-corrected chi connectivity index (χ4v) is 3.97. The lowest BCUT2D eigenvalue weighted by atomic mass is 9.95. The zero-order valence-corrected chi connectivity index (χ0v) is 13.7. The minimum atomic E-state index is -0.937. The van der Waals surface area contributed by atoms with Crippen molar-refractivity contribution in [2.24, 2.45) is 0 Å². The first-order chi connectivity index (χ1) is 9.99. The van der Waals surface area contributed by atoms with Crippen LogP contribution in [0.15, 0.2) is 16.6 Å². The summed E-state index contributed by atoms with van der Waals surface area (Å²) in [6, 6.07) is 4.14. The second kappa shape index (κ2) is 5.30. The maximum Gasteiger partial charge on any atom is 0.356 e. The normalized spacial score (nSPS) is 14.0. The molecule has 0 atom stereocenters. The van der Waals surface area contributed by atoms with Crippen LogP contribution in [0.1, 0.15) is 45.7 Å². The van der Waals surface area contributed by atoms with Gasteiger partial charge in [-0.2, -0.15) is 5.10 Å². The molecule has 3 rings (SSSR count). The van der Waals surface area contributed by atoms with E-state index in [-0.39, 0.29) is 5.69 Å². The molecule has 0 saturated carbocycles. The first-order valence-electron chi connectivity index (χ1n) is 7.10. The number of rotatable bonds is 2. The minimum absolute atomic E-state index is 0.205. The van der Waals surface area contributed by atoms with Crippen LogP contribution in [0.4, 0.5) is 0 Å². The Morgan fingerprint density at radius 2 is 2.00 bits per heavy atom. The molecule has 1 aliphatic carbocycles. The Kier molecular flexibility index (Phi) is 3.61. The van der Waals surface area contributed by atoms with Gasteiger partial charge in [-0.15, -0.1) is 0 Å². The van der Waals surface area contributed by atoms with Gasteiger partial charge in [-0.05, 0) is 72.7 Å². The molecule has 0 bridgehead atoms. The highest BCUT2D eigenvalue weighted by atomic mass is 79.9. The van der Waals surface area contributed by atoms with Crippen molar-refractivity contribution >= 4 is 21.9 Å². The molecule has 1 aliphatic rings. The number of aromatic nitrogens is 2. The number of fused-ring (bicyclic) bond motifs is 1. The molecule has 1 N–H and O–H groups in total. The van der Waals surface area contributed by atoms with Crippen LogP contribution in [0.2, 0.25) is 0 Å². The van der Waals surface area contributed by atoms with Crippen LogP contribution in [0, 0.1) is 13.8 Å². The highest BCUT2D eigenvalue weighted by molar-refractivity contribution is 9.10. The second-order valence-electron chi connectivity index (χ2n) is 5.61. The molecule has 0 unspecified atom stereocenters. The Morgan fingerprint density at radius 3 is 2.67 bits per heavy atom. The lowest BCUT2D eigenvalue weighted by Gasteiger charge is -2.16. The highest BCUT2D eigenvalue weighted by Crippen LogP contribution is 2.32. The fraction of sp³-hybridized carbons (Fsp3) is 0.375. The molecule has 4 nitrogen and oxygen atoms in total. The van der Waals surface area contributed by atoms with Gasteiger partial charge in [0.05, 0.1) is 5.69 Å². The summed E-state index contributed by atoms with van der Waals surface area (Å²) in [6.45, 7) is 4.08. The van der Waals surface area contributed by atoms with Gasteiger partial charge in [0.2, 0.25) is 0 Å². The van der Waals surface area contributed by atoms with Crippen molar-refractivity contribution in [1.82, 2.24) is 9.78 Å². The molecule has 21 heavy (non-hydrogen) atoms. The number of aromatic carboxylic acids is 1. The van der Waals surface area contributed by atoms with Crippen molar-refractivity contribution < 1.29 is 9.90 Å². The first-order valence-corrected chi connectivity index (χ1v) is 7.89. The van der Waals surface area contributed by atoms with Crippen molar-refractivity contribution in [3.8, 4) is 5.69 Å². The number of aryl methyl sites for hydroxylation is 2. The monoisotopic (exact) mass is 348 g/mol. The summed E-state index contributed by atoms with van der Waals surface area (Å²) in [6.07, 6.45) is 3.81. The van der Waals surface area contributed by atoms with E-state index in [1.165, 1.54) is 5.56 Å². The van der Waals surface area contributed by atoms with Crippen LogP contribution in [0.25, 0.3) is 5.69 Å². The number of hydrogen-bond donors (Lipinski definition) is 1. The molecule has 0 fully saturated rings. The summed E-state index contributed by atoms with van der Waals surface area (Å²) in [5.41, 5.74) is 5.37. The number of carbonyl (C=O) groups is 1. The van der Waals surface area contributed by atoms with Gasteiger partial charge in [-0.1, -0.05) is 6.07 Å². The zero-order valence-electron chi connectivity index (χ0n) is 12.1. The lowest BCUT2D eigenvalue weighted by molar-refractivity contribution is 0.0688. The van der Waals surface area contributed by atoms with Gasteiger partial charge in [0.15, 0.2) is 5.69 Å². The van der Waals surface area contributed by atoms with E-state index in [9.17, 15) is 9.90 Å². The summed E-state index contributed by atoms with van der Waals surface area (Å²) in [5.74, 6) is -0.937. The van der Waals surface area contributed by atoms with E-state index < -0.39 is 5.97 Å². The molecular formula is C16H17BrN2O2. The maximum atomic E-state index is 11.5. The highest BCUT2D eigenvalue weighted by Gasteiger charge is 2.26. The van der Waals surface area contributed by atoms with Crippen LogP contribution >= 0.6 is 15.9 Å². The SMILES string of the molecule is Cc1cc(C)c(-n2nc(C(=O)O)c3c2CCCC3)c(Br)c1. The van der Waals surface area contributed by atoms with Gasteiger partial charge in [0.1, 0.15) is 0 Å². The number of carboxylic acids is 1. The summed E-state index contributed by atoms with van der Waals surface area (Å²) in [7, 11) is 0. The smallest absolute Gasteiger partial charge is 0.356 e. The van der Waals surface area contributed by atoms with Gasteiger partial charge in [0.25, 0.3) is 0 Å². The number of benzene rings is 1. The number of halogens is 1. The molecule has 0 spiro atoms. The Hall–Kier alpha value is -1.62. The predicted octanol–water partition coefficient (Wildman–Crippen LogP) is 3.83. The number of nitrogens with zero attached hydrogens (tertiary/aromatic N) is 2. The van der Waals surface area contributed by atoms with E-state index in [0.717, 1.165) is 52.7 Å². The predicted molar refractivity (Wildman–Crippen MR) is 84.3 cm³/mol. The molecule has 0 radical (unpaired) electrons. The Labute approximate surface area is 131 Å². The first kappa shape index (κ1) is 14.3. The summed E-state index contributed by atoms with van der Waals surface area (Å²) < 4.78 is 2.78. The third-order valence-electron chi connectivity index (χ3n) is 3.99. The van der Waals surface area contributed by atoms with Gasteiger partial charge in [0, 0.05) is 15.7 Å². The quantitative estimate of drug-likeness (QED) is 0.897. The van der Waals surface area contributed by atoms with E-state index in [4.69, 9.17) is 0 Å². The van der Waals surface area contributed by atoms with Gasteiger partial charge in [-0.3, -0.25) is 0 Å². The number of hydrogen-bond acceptors (Lipinski definition) is 2. The third kappa shape index (κ3) is 2.39. The van der Waals surface area contributed by atoms with Crippen LogP contribution < -0.4 is 0 Å². The molecule has 0 aliphatic heterocycles. The van der Waals surface area contributed by atoms with Gasteiger partial charge >= 0.3 is 5.97 Å². The van der Waals surface area contributed by atoms with E-state index in [1.807, 2.05) is 24.6 Å². The second-order valence-corrected chi connectivity index (χ2v) is 6.46. The molecular weight excluding hydrogens is 332 g/mol. The van der Waals surface area contributed by atoms with Crippen molar-refractivity contribution in [2.45, 2.75) is 39.5 Å². The Bertz CT molecular complexity index is 711. The molecule has 1 aromatic carbocycles. The van der Waals surface area contributed by atoms with Gasteiger partial charge < -0.3 is 5.11 Å². The molecule has 1 aromatic heterocycles. The molecule has 5 heteroatoms. The Morgan fingerprint density at radius 1 is 1.29 bits per heavy atom. The maximum absolute atomic E-state index is 11.5. The zero-order chi connectivity index (χ0) is 15.1. The van der Waals surface area contributed by atoms with Crippen LogP contribution in [-0.2, 0) is 12.8 Å². The topological polar surface area (TPSA) is 55.1 Å². The van der Waals surface area contributed by atoms with Crippen LogP contribution in [0.5, 0.6) is 0 Å². The van der Waals surface area contributed by atoms with Crippen molar-refractivity contribution in [2.75, 3.05) is 0 Å². The molecule has 2 aromatic rings. The molecule has 0 saturated heterocycles. The van der Waals surface area contributed by atoms with Crippen molar-refractivity contribution in [3.05, 3.63) is 44.7 Å². The summed E-state index contributed by atoms with van der Waals surface area (Å²) in [5, 5.41) is 13.8. The summed E-state index contributed by atoms with van der Waals surface area (Å²) in [4.78, 5) is 11.5. The van der Waals surface area contributed by atoms with E-state index in [1.54, 1.807) is 0 Å². The van der Waals surface area contributed by atoms with Crippen LogP contribution in [0.3, 0.4) is 0 Å². The van der Waals surface area contributed by atoms with E-state index >= 15 is 0 Å². The fourth-order valence-electron chi connectivity index (χ4n) is 3.13. The minimum Gasteiger partial charge on any atom is -0.476 e. The standard InChI is InChI=1S/C16H17BrN2O2/c1-9-7-10(2)15(12(17)8-9)19-13-6-4-3-5-11(13)14(18-19)16(20)21/h7-8H,3-6H2,1-2H3,(H,20,21). The summed E-state index contributed by atoms with van der Waals surface area (Å²) >= 11 is 3.60. The largest absolute Gasteiger partial charge is 0.476 e. The van der Waals surface area contributed by atoms with Crippen LogP contribution in [-0.4, -0.2) is 20.9 Å². The van der Waals surface area contributed by atoms with Crippen molar-refractivity contribution in [3.63, 3.8) is 0 Å². The molecule has 110 valence electrons. The van der Waals surface area contributed by atoms with E-state index in [0.29, 0.717) is 0 Å². The average Bonchev–Trinajstić information content (AvgIpc) is 2.78. The lowest BCUT2D eigenvalue weighted by Crippen LogP contribution is -2.09. The molecule has 0 amide bonds. The molecule has 1 heterocycles. The average molecular weight is 349 g/mol. The van der Waals surface area contributed by atoms with E-state index in [2.05, 4.69) is 27.1 Å². The van der Waals surface area contributed by atoms with Crippen molar-refractivity contribution in [1.29, 1.82) is 0 Å². The number of carboxylic acid groups (broad SMARTS) is 1. The third-order valence-corrected chi connectivity index (χ3v) is 4.60.